The van der Waals surface area contributed by atoms with Gasteiger partial charge in [0.2, 0.25) is 0 Å². The number of amides is 1. The molecule has 1 aliphatic rings. The number of nitrogen functional groups attached to an aromatic ring is 1. The van der Waals surface area contributed by atoms with Crippen molar-refractivity contribution in [3.63, 3.8) is 0 Å². The highest BCUT2D eigenvalue weighted by Crippen LogP contribution is 2.30. The van der Waals surface area contributed by atoms with Crippen molar-refractivity contribution in [3.8, 4) is 0 Å². The highest BCUT2D eigenvalue weighted by atomic mass is 16.3. The predicted molar refractivity (Wildman–Crippen MR) is 69.2 cm³/mol. The number of carbonyl (C=O) groups is 1. The molecule has 18 heavy (non-hydrogen) atoms. The van der Waals surface area contributed by atoms with Gasteiger partial charge in [-0.05, 0) is 18.4 Å². The third kappa shape index (κ3) is 2.11. The fraction of sp³-hybridized carbons (Fsp3) is 0.500. The van der Waals surface area contributed by atoms with Crippen LogP contribution in [0.3, 0.4) is 0 Å². The Balaban J connectivity index is 2.41. The maximum atomic E-state index is 11.4. The van der Waals surface area contributed by atoms with E-state index in [4.69, 9.17) is 11.5 Å². The van der Waals surface area contributed by atoms with E-state index < -0.39 is 5.91 Å². The third-order valence-electron chi connectivity index (χ3n) is 3.49. The van der Waals surface area contributed by atoms with E-state index in [2.05, 4.69) is 11.9 Å². The van der Waals surface area contributed by atoms with Gasteiger partial charge in [0.1, 0.15) is 5.82 Å². The number of anilines is 2. The van der Waals surface area contributed by atoms with Crippen molar-refractivity contribution < 1.29 is 9.90 Å². The molecule has 6 heteroatoms. The van der Waals surface area contributed by atoms with E-state index in [0.717, 1.165) is 13.0 Å². The molecule has 2 atom stereocenters. The average Bonchev–Trinajstić information content (AvgIpc) is 2.70. The highest BCUT2D eigenvalue weighted by Gasteiger charge is 2.33. The molecule has 0 bridgehead atoms. The van der Waals surface area contributed by atoms with Crippen LogP contribution in [-0.4, -0.2) is 35.2 Å². The SMILES string of the molecule is CC1CCN(c2ncc(N)cc2C(N)=O)C1CO. The van der Waals surface area contributed by atoms with Crippen molar-refractivity contribution in [2.75, 3.05) is 23.8 Å². The molecule has 0 aromatic carbocycles. The Morgan fingerprint density at radius 2 is 2.39 bits per heavy atom. The summed E-state index contributed by atoms with van der Waals surface area (Å²) in [5, 5.41) is 9.44. The first-order chi connectivity index (χ1) is 8.54. The van der Waals surface area contributed by atoms with Crippen LogP contribution in [0.4, 0.5) is 11.5 Å². The maximum absolute atomic E-state index is 11.4. The van der Waals surface area contributed by atoms with E-state index in [-0.39, 0.29) is 12.6 Å². The first-order valence-corrected chi connectivity index (χ1v) is 5.97. The molecule has 1 fully saturated rings. The van der Waals surface area contributed by atoms with Crippen molar-refractivity contribution in [1.29, 1.82) is 0 Å². The minimum atomic E-state index is -0.555. The smallest absolute Gasteiger partial charge is 0.252 e. The lowest BCUT2D eigenvalue weighted by atomic mass is 10.0. The molecular weight excluding hydrogens is 232 g/mol. The number of aromatic nitrogens is 1. The normalized spacial score (nSPS) is 23.3. The van der Waals surface area contributed by atoms with Gasteiger partial charge in [-0.25, -0.2) is 4.98 Å². The molecule has 0 spiro atoms. The lowest BCUT2D eigenvalue weighted by Gasteiger charge is -2.27. The van der Waals surface area contributed by atoms with Crippen LogP contribution in [0.15, 0.2) is 12.3 Å². The van der Waals surface area contributed by atoms with Crippen LogP contribution in [-0.2, 0) is 0 Å². The number of hydrogen-bond acceptors (Lipinski definition) is 5. The zero-order chi connectivity index (χ0) is 13.3. The van der Waals surface area contributed by atoms with Gasteiger partial charge in [0.25, 0.3) is 5.91 Å². The van der Waals surface area contributed by atoms with Crippen molar-refractivity contribution in [2.24, 2.45) is 11.7 Å². The van der Waals surface area contributed by atoms with Crippen LogP contribution in [0, 0.1) is 5.92 Å². The molecular formula is C12H18N4O2. The number of rotatable bonds is 3. The first-order valence-electron chi connectivity index (χ1n) is 5.97. The summed E-state index contributed by atoms with van der Waals surface area (Å²) in [5.41, 5.74) is 11.7. The standard InChI is InChI=1S/C12H18N4O2/c1-7-2-3-16(10(7)6-17)12-9(11(14)18)4-8(13)5-15-12/h4-5,7,10,17H,2-3,6,13H2,1H3,(H2,14,18). The fourth-order valence-electron chi connectivity index (χ4n) is 2.43. The number of aliphatic hydroxyl groups is 1. The molecule has 5 N–H and O–H groups in total. The zero-order valence-corrected chi connectivity index (χ0v) is 10.3. The lowest BCUT2D eigenvalue weighted by molar-refractivity contribution is 0.1000. The van der Waals surface area contributed by atoms with Gasteiger partial charge in [-0.1, -0.05) is 6.92 Å². The second-order valence-electron chi connectivity index (χ2n) is 4.71. The summed E-state index contributed by atoms with van der Waals surface area (Å²) in [7, 11) is 0. The van der Waals surface area contributed by atoms with Crippen LogP contribution in [0.5, 0.6) is 0 Å². The summed E-state index contributed by atoms with van der Waals surface area (Å²) in [6.45, 7) is 2.86. The zero-order valence-electron chi connectivity index (χ0n) is 10.3. The van der Waals surface area contributed by atoms with E-state index in [9.17, 15) is 9.90 Å². The van der Waals surface area contributed by atoms with E-state index in [0.29, 0.717) is 23.0 Å². The van der Waals surface area contributed by atoms with Gasteiger partial charge in [-0.3, -0.25) is 4.79 Å². The average molecular weight is 250 g/mol. The van der Waals surface area contributed by atoms with Crippen LogP contribution < -0.4 is 16.4 Å². The van der Waals surface area contributed by atoms with Crippen LogP contribution >= 0.6 is 0 Å². The van der Waals surface area contributed by atoms with E-state index >= 15 is 0 Å². The second-order valence-corrected chi connectivity index (χ2v) is 4.71. The van der Waals surface area contributed by atoms with E-state index in [1.165, 1.54) is 12.3 Å². The van der Waals surface area contributed by atoms with Gasteiger partial charge in [0.15, 0.2) is 0 Å². The largest absolute Gasteiger partial charge is 0.397 e. The van der Waals surface area contributed by atoms with Crippen molar-refractivity contribution in [1.82, 2.24) is 4.98 Å². The Kier molecular flexibility index (Phi) is 3.38. The van der Waals surface area contributed by atoms with Crippen LogP contribution in [0.1, 0.15) is 23.7 Å². The Morgan fingerprint density at radius 3 is 3.00 bits per heavy atom. The molecule has 1 aromatic rings. The molecule has 6 nitrogen and oxygen atoms in total. The number of primary amides is 1. The summed E-state index contributed by atoms with van der Waals surface area (Å²) >= 11 is 0. The quantitative estimate of drug-likeness (QED) is 0.698. The Morgan fingerprint density at radius 1 is 1.67 bits per heavy atom. The molecule has 1 saturated heterocycles. The number of aliphatic hydroxyl groups excluding tert-OH is 1. The predicted octanol–water partition coefficient (Wildman–Crippen LogP) is -0.0302. The van der Waals surface area contributed by atoms with Crippen molar-refractivity contribution in [2.45, 2.75) is 19.4 Å². The monoisotopic (exact) mass is 250 g/mol. The van der Waals surface area contributed by atoms with Crippen LogP contribution in [0.2, 0.25) is 0 Å². The van der Waals surface area contributed by atoms with Gasteiger partial charge in [0, 0.05) is 6.54 Å². The number of nitrogens with zero attached hydrogens (tertiary/aromatic N) is 2. The summed E-state index contributed by atoms with van der Waals surface area (Å²) in [4.78, 5) is 17.6. The molecule has 0 aliphatic carbocycles. The third-order valence-corrected chi connectivity index (χ3v) is 3.49. The minimum absolute atomic E-state index is 0.0285. The number of nitrogens with two attached hydrogens (primary N) is 2. The van der Waals surface area contributed by atoms with Crippen molar-refractivity contribution in [3.05, 3.63) is 17.8 Å². The fourth-order valence-corrected chi connectivity index (χ4v) is 2.43. The topological polar surface area (TPSA) is 105 Å². The molecule has 0 saturated carbocycles. The minimum Gasteiger partial charge on any atom is -0.397 e. The Labute approximate surface area is 106 Å². The van der Waals surface area contributed by atoms with E-state index in [1.807, 2.05) is 4.90 Å². The number of carbonyl (C=O) groups excluding carboxylic acids is 1. The number of pyridine rings is 1. The van der Waals surface area contributed by atoms with Crippen LogP contribution in [0.25, 0.3) is 0 Å². The summed E-state index contributed by atoms with van der Waals surface area (Å²) in [6.07, 6.45) is 2.45. The van der Waals surface area contributed by atoms with Gasteiger partial charge >= 0.3 is 0 Å². The molecule has 98 valence electrons. The molecule has 1 aliphatic heterocycles. The molecule has 2 unspecified atom stereocenters. The molecule has 2 heterocycles. The number of hydrogen-bond donors (Lipinski definition) is 3. The first kappa shape index (κ1) is 12.6. The molecule has 0 radical (unpaired) electrons. The lowest BCUT2D eigenvalue weighted by Crippen LogP contribution is -2.37. The van der Waals surface area contributed by atoms with Gasteiger partial charge in [-0.15, -0.1) is 0 Å². The van der Waals surface area contributed by atoms with E-state index in [1.54, 1.807) is 0 Å². The van der Waals surface area contributed by atoms with Crippen molar-refractivity contribution >= 4 is 17.4 Å². The summed E-state index contributed by atoms with van der Waals surface area (Å²) in [6, 6.07) is 1.50. The Hall–Kier alpha value is -1.82. The molecule has 1 aromatic heterocycles. The summed E-state index contributed by atoms with van der Waals surface area (Å²) in [5.74, 6) is 0.316. The second kappa shape index (κ2) is 4.81. The Bertz CT molecular complexity index is 463. The molecule has 1 amide bonds. The van der Waals surface area contributed by atoms with Gasteiger partial charge in [0.05, 0.1) is 30.1 Å². The highest BCUT2D eigenvalue weighted by molar-refractivity contribution is 5.98. The van der Waals surface area contributed by atoms with Gasteiger partial charge < -0.3 is 21.5 Å². The molecule has 2 rings (SSSR count). The maximum Gasteiger partial charge on any atom is 0.252 e. The van der Waals surface area contributed by atoms with Gasteiger partial charge in [-0.2, -0.15) is 0 Å². The summed E-state index contributed by atoms with van der Waals surface area (Å²) < 4.78 is 0.